The lowest BCUT2D eigenvalue weighted by Crippen LogP contribution is -2.59. The molecule has 444 valence electrons. The van der Waals surface area contributed by atoms with Gasteiger partial charge in [-0.3, -0.25) is 47.9 Å². The number of unbranched alkanes of at least 4 members (excludes halogenated alkanes) is 1. The number of carboxylic acid groups (broad SMARTS) is 2. The second-order valence-electron chi connectivity index (χ2n) is 20.4. The highest BCUT2D eigenvalue weighted by molar-refractivity contribution is 5.97. The summed E-state index contributed by atoms with van der Waals surface area (Å²) in [5, 5.41) is 45.8. The molecule has 0 aliphatic rings. The molecule has 0 bridgehead atoms. The summed E-state index contributed by atoms with van der Waals surface area (Å²) in [5.74, 6) is -12.5. The van der Waals surface area contributed by atoms with E-state index in [9.17, 15) is 67.3 Å². The van der Waals surface area contributed by atoms with Crippen LogP contribution in [0, 0.1) is 17.0 Å². The van der Waals surface area contributed by atoms with Gasteiger partial charge in [0.15, 0.2) is 0 Å². The van der Waals surface area contributed by atoms with E-state index in [0.29, 0.717) is 25.1 Å². The third-order valence-corrected chi connectivity index (χ3v) is 12.6. The maximum atomic E-state index is 15.4. The third kappa shape index (κ3) is 22.0. The van der Waals surface area contributed by atoms with Gasteiger partial charge in [-0.05, 0) is 87.7 Å². The van der Waals surface area contributed by atoms with Crippen molar-refractivity contribution in [2.45, 2.75) is 142 Å². The first-order chi connectivity index (χ1) is 38.1. The van der Waals surface area contributed by atoms with E-state index in [-0.39, 0.29) is 24.1 Å². The van der Waals surface area contributed by atoms with Crippen LogP contribution in [0.5, 0.6) is 0 Å². The van der Waals surface area contributed by atoms with Gasteiger partial charge in [0.05, 0.1) is 12.5 Å². The molecule has 1 aromatic heterocycles. The van der Waals surface area contributed by atoms with Crippen LogP contribution >= 0.6 is 0 Å². The lowest BCUT2D eigenvalue weighted by atomic mass is 9.82. The monoisotopic (exact) mass is 1140 g/mol. The number of carbonyl (C=O) groups is 11. The standard InChI is InChI=1S/C54H75F2N11O14/c1-30(61-51(78)38(62-32(3)69)14-10-11-21-57)48(75)60-31(2)49(76)65-41(26-43(58)70)52(79)64-39(50(77)59-22-19-44(71)63-40(53(80)81)17-18-46(73)74)20-23-67(45(72)29-68)47(54(4,5)6)42-24-34(36-25-35(55)15-16-37(36)56)28-66(42)27-33-12-8-7-9-13-33/h7-9,12-13,15-16,24-25,28,30-31,38-41,47,68H,10-11,14,17-23,26-27,29,57H2,1-6H3,(H2,58,70)(H,59,77)(H,60,75)(H,61,78)(H,62,69)(H,63,71)(H,64,79)(H,65,76)(H,73,74)(H,80,81)/t30-,31+,38-,39-,40+,41-,47-/m0/s1. The number of aliphatic hydroxyl groups is 1. The Morgan fingerprint density at radius 3 is 1.89 bits per heavy atom. The molecule has 25 nitrogen and oxygen atoms in total. The van der Waals surface area contributed by atoms with Crippen LogP contribution in [0.1, 0.15) is 110 Å². The molecule has 27 heteroatoms. The second-order valence-corrected chi connectivity index (χ2v) is 20.4. The van der Waals surface area contributed by atoms with Crippen molar-refractivity contribution in [2.24, 2.45) is 16.9 Å². The van der Waals surface area contributed by atoms with Crippen LogP contribution in [0.3, 0.4) is 0 Å². The molecule has 0 radical (unpaired) electrons. The lowest BCUT2D eigenvalue weighted by molar-refractivity contribution is -0.143. The van der Waals surface area contributed by atoms with Gasteiger partial charge in [-0.1, -0.05) is 51.1 Å². The Morgan fingerprint density at radius 1 is 0.704 bits per heavy atom. The predicted molar refractivity (Wildman–Crippen MR) is 288 cm³/mol. The number of benzene rings is 2. The molecule has 0 saturated heterocycles. The molecule has 0 aliphatic heterocycles. The van der Waals surface area contributed by atoms with E-state index in [1.807, 2.05) is 12.1 Å². The Hall–Kier alpha value is -8.33. The summed E-state index contributed by atoms with van der Waals surface area (Å²) in [6, 6.07) is 3.63. The molecule has 14 N–H and O–H groups in total. The molecular weight excluding hydrogens is 1060 g/mol. The van der Waals surface area contributed by atoms with Crippen LogP contribution in [0.15, 0.2) is 60.8 Å². The molecule has 9 amide bonds. The molecule has 3 rings (SSSR count). The fraction of sp³-hybridized carbons (Fsp3) is 0.500. The summed E-state index contributed by atoms with van der Waals surface area (Å²) in [6.45, 7) is 7.51. The molecule has 0 unspecified atom stereocenters. The second kappa shape index (κ2) is 32.1. The van der Waals surface area contributed by atoms with Crippen molar-refractivity contribution in [2.75, 3.05) is 26.2 Å². The first-order valence-electron chi connectivity index (χ1n) is 26.1. The van der Waals surface area contributed by atoms with E-state index in [1.54, 1.807) is 55.8 Å². The van der Waals surface area contributed by atoms with Crippen molar-refractivity contribution in [1.82, 2.24) is 46.7 Å². The Bertz CT molecular complexity index is 2720. The normalized spacial score (nSPS) is 13.8. The minimum Gasteiger partial charge on any atom is -0.481 e. The Kier molecular flexibility index (Phi) is 26.5. The number of carboxylic acids is 2. The van der Waals surface area contributed by atoms with Gasteiger partial charge in [-0.25, -0.2) is 13.6 Å². The quantitative estimate of drug-likeness (QED) is 0.0363. The molecule has 1 heterocycles. The molecular formula is C54H75F2N11O14. The Morgan fingerprint density at radius 2 is 1.31 bits per heavy atom. The average Bonchev–Trinajstić information content (AvgIpc) is 4.06. The number of aliphatic carboxylic acids is 2. The van der Waals surface area contributed by atoms with Crippen molar-refractivity contribution < 1.29 is 76.8 Å². The van der Waals surface area contributed by atoms with Gasteiger partial charge in [-0.2, -0.15) is 0 Å². The average molecular weight is 1140 g/mol. The molecule has 0 spiro atoms. The number of amides is 9. The van der Waals surface area contributed by atoms with E-state index >= 15 is 4.39 Å². The lowest BCUT2D eigenvalue weighted by Gasteiger charge is -2.41. The van der Waals surface area contributed by atoms with E-state index in [0.717, 1.165) is 23.8 Å². The fourth-order valence-corrected chi connectivity index (χ4v) is 8.62. The van der Waals surface area contributed by atoms with E-state index < -0.39 is 176 Å². The molecule has 0 aliphatic carbocycles. The predicted octanol–water partition coefficient (Wildman–Crippen LogP) is 0.208. The van der Waals surface area contributed by atoms with Crippen molar-refractivity contribution >= 4 is 65.1 Å². The smallest absolute Gasteiger partial charge is 0.326 e. The SMILES string of the molecule is CC(=O)N[C@@H](CCCCN)C(=O)N[C@@H](C)C(=O)N[C@H](C)C(=O)N[C@@H](CC(N)=O)C(=O)N[C@@H](CCN(C(=O)CO)[C@@H](c1cc(-c2cc(F)ccc2F)cn1Cc1ccccc1)C(C)(C)C)C(=O)NCCC(=O)N[C@H](CCC(=O)O)C(=O)O. The van der Waals surface area contributed by atoms with Crippen molar-refractivity contribution in [3.8, 4) is 11.1 Å². The number of nitrogens with two attached hydrogens (primary N) is 2. The Labute approximate surface area is 467 Å². The molecule has 0 fully saturated rings. The molecule has 0 saturated carbocycles. The Balaban J connectivity index is 2.02. The zero-order valence-electron chi connectivity index (χ0n) is 46.1. The third-order valence-electron chi connectivity index (χ3n) is 12.6. The number of aromatic nitrogens is 1. The number of halogens is 2. The highest BCUT2D eigenvalue weighted by Crippen LogP contribution is 2.41. The van der Waals surface area contributed by atoms with Gasteiger partial charge < -0.3 is 73.5 Å². The fourth-order valence-electron chi connectivity index (χ4n) is 8.62. The summed E-state index contributed by atoms with van der Waals surface area (Å²) in [4.78, 5) is 143. The van der Waals surface area contributed by atoms with Crippen LogP contribution in [0.2, 0.25) is 0 Å². The first-order valence-corrected chi connectivity index (χ1v) is 26.1. The van der Waals surface area contributed by atoms with Crippen molar-refractivity contribution in [3.63, 3.8) is 0 Å². The topological polar surface area (TPSA) is 393 Å². The van der Waals surface area contributed by atoms with Crippen LogP contribution in [-0.4, -0.2) is 152 Å². The zero-order chi connectivity index (χ0) is 60.7. The summed E-state index contributed by atoms with van der Waals surface area (Å²) in [6.07, 6.45) is -0.125. The van der Waals surface area contributed by atoms with Crippen LogP contribution in [0.4, 0.5) is 8.78 Å². The maximum Gasteiger partial charge on any atom is 0.326 e. The van der Waals surface area contributed by atoms with Gasteiger partial charge in [0.25, 0.3) is 0 Å². The number of hydrogen-bond acceptors (Lipinski definition) is 13. The largest absolute Gasteiger partial charge is 0.481 e. The van der Waals surface area contributed by atoms with Gasteiger partial charge in [0.2, 0.25) is 53.2 Å². The first kappa shape index (κ1) is 66.9. The van der Waals surface area contributed by atoms with Crippen molar-refractivity contribution in [1.29, 1.82) is 0 Å². The van der Waals surface area contributed by atoms with Gasteiger partial charge in [0, 0.05) is 62.4 Å². The molecule has 2 aromatic carbocycles. The van der Waals surface area contributed by atoms with Gasteiger partial charge >= 0.3 is 11.9 Å². The highest BCUT2D eigenvalue weighted by atomic mass is 19.1. The van der Waals surface area contributed by atoms with Crippen LogP contribution in [-0.2, 0) is 59.3 Å². The minimum atomic E-state index is -1.83. The molecule has 7 atom stereocenters. The van der Waals surface area contributed by atoms with E-state index in [1.165, 1.54) is 25.7 Å². The van der Waals surface area contributed by atoms with Crippen LogP contribution in [0.25, 0.3) is 11.1 Å². The molecule has 3 aromatic rings. The molecule has 81 heavy (non-hydrogen) atoms. The van der Waals surface area contributed by atoms with E-state index in [4.69, 9.17) is 16.6 Å². The minimum absolute atomic E-state index is 0.0988. The van der Waals surface area contributed by atoms with E-state index in [2.05, 4.69) is 37.2 Å². The summed E-state index contributed by atoms with van der Waals surface area (Å²) in [7, 11) is 0. The summed E-state index contributed by atoms with van der Waals surface area (Å²) in [5.41, 5.74) is 11.4. The number of nitrogens with one attached hydrogen (secondary N) is 7. The number of carbonyl (C=O) groups excluding carboxylic acids is 9. The number of rotatable bonds is 33. The number of nitrogens with zero attached hydrogens (tertiary/aromatic N) is 2. The van der Waals surface area contributed by atoms with Crippen molar-refractivity contribution in [3.05, 3.63) is 83.7 Å². The highest BCUT2D eigenvalue weighted by Gasteiger charge is 2.39. The summed E-state index contributed by atoms with van der Waals surface area (Å²) < 4.78 is 31.8. The van der Waals surface area contributed by atoms with Crippen LogP contribution < -0.4 is 48.7 Å². The zero-order valence-corrected chi connectivity index (χ0v) is 46.1. The van der Waals surface area contributed by atoms with Gasteiger partial charge in [0.1, 0.15) is 54.5 Å². The van der Waals surface area contributed by atoms with Gasteiger partial charge in [-0.15, -0.1) is 0 Å². The number of hydrogen-bond donors (Lipinski definition) is 12. The number of aliphatic hydroxyl groups excluding tert-OH is 1. The number of primary amides is 1. The maximum absolute atomic E-state index is 15.4. The summed E-state index contributed by atoms with van der Waals surface area (Å²) >= 11 is 0.